The quantitative estimate of drug-likeness (QED) is 0.264. The molecule has 0 aromatic rings. The molecule has 2 spiro atoms. The maximum Gasteiger partial charge on any atom is 0.302 e. The highest BCUT2D eigenvalue weighted by Gasteiger charge is 2.80. The predicted octanol–water partition coefficient (Wildman–Crippen LogP) is 6.49. The van der Waals surface area contributed by atoms with Crippen LogP contribution in [-0.4, -0.2) is 38.2 Å². The molecule has 4 nitrogen and oxygen atoms in total. The summed E-state index contributed by atoms with van der Waals surface area (Å²) in [4.78, 5) is 11.6. The van der Waals surface area contributed by atoms with Gasteiger partial charge in [-0.15, -0.1) is 0 Å². The number of carbonyl (C=O) groups is 1. The molecule has 2 unspecified atom stereocenters. The van der Waals surface area contributed by atoms with Crippen LogP contribution < -0.4 is 0 Å². The van der Waals surface area contributed by atoms with E-state index in [0.29, 0.717) is 28.6 Å². The molecule has 0 aliphatic heterocycles. The lowest BCUT2D eigenvalue weighted by Crippen LogP contribution is -2.53. The third-order valence-corrected chi connectivity index (χ3v) is 12.7. The van der Waals surface area contributed by atoms with Gasteiger partial charge in [-0.05, 0) is 110 Å². The average molecular weight is 489 g/mol. The van der Waals surface area contributed by atoms with Crippen LogP contribution in [0.25, 0.3) is 0 Å². The van der Waals surface area contributed by atoms with Gasteiger partial charge in [0.05, 0.1) is 6.10 Å². The van der Waals surface area contributed by atoms with Gasteiger partial charge in [0.1, 0.15) is 6.10 Å². The van der Waals surface area contributed by atoms with Crippen LogP contribution in [0, 0.1) is 39.4 Å². The Kier molecular flexibility index (Phi) is 5.83. The number of rotatable bonds is 6. The molecule has 5 rings (SSSR count). The van der Waals surface area contributed by atoms with Crippen LogP contribution in [0.3, 0.4) is 0 Å². The number of aliphatic hydroxyl groups excluding tert-OH is 1. The minimum absolute atomic E-state index is 0.0740. The normalized spacial score (nSPS) is 48.1. The molecule has 0 bridgehead atoms. The summed E-state index contributed by atoms with van der Waals surface area (Å²) < 4.78 is 11.8. The second kappa shape index (κ2) is 7.92. The van der Waals surface area contributed by atoms with Crippen molar-refractivity contribution in [3.05, 3.63) is 11.6 Å². The van der Waals surface area contributed by atoms with Crippen molar-refractivity contribution < 1.29 is 19.1 Å². The molecule has 0 heterocycles. The van der Waals surface area contributed by atoms with Crippen LogP contribution in [0.5, 0.6) is 0 Å². The predicted molar refractivity (Wildman–Crippen MR) is 138 cm³/mol. The molecule has 4 fully saturated rings. The van der Waals surface area contributed by atoms with Gasteiger partial charge in [0, 0.05) is 20.0 Å². The Labute approximate surface area is 208 Å². The fourth-order valence-corrected chi connectivity index (χ4v) is 10.8. The second-order valence-electron chi connectivity index (χ2n) is 14.3. The number of ether oxygens (including phenoxy) is 1. The number of aliphatic hydroxyl groups is 1. The van der Waals surface area contributed by atoms with Crippen molar-refractivity contribution >= 4 is 14.3 Å². The van der Waals surface area contributed by atoms with Crippen LogP contribution >= 0.6 is 0 Å². The van der Waals surface area contributed by atoms with E-state index in [1.807, 2.05) is 0 Å². The van der Waals surface area contributed by atoms with Gasteiger partial charge < -0.3 is 14.3 Å². The number of hydrogen-bond acceptors (Lipinski definition) is 4. The van der Waals surface area contributed by atoms with Crippen LogP contribution in [0.2, 0.25) is 19.6 Å². The summed E-state index contributed by atoms with van der Waals surface area (Å²) in [6, 6.07) is 0. The van der Waals surface area contributed by atoms with E-state index in [0.717, 1.165) is 38.7 Å². The van der Waals surface area contributed by atoms with Gasteiger partial charge in [-0.1, -0.05) is 32.4 Å². The third-order valence-electron chi connectivity index (χ3n) is 11.7. The molecular formula is C29H48O4Si. The smallest absolute Gasteiger partial charge is 0.302 e. The summed E-state index contributed by atoms with van der Waals surface area (Å²) in [6.45, 7) is 16.6. The first-order chi connectivity index (χ1) is 15.8. The van der Waals surface area contributed by atoms with Crippen LogP contribution in [-0.2, 0) is 14.0 Å². The summed E-state index contributed by atoms with van der Waals surface area (Å²) >= 11 is 0. The lowest BCUT2D eigenvalue weighted by Gasteiger charge is -2.60. The zero-order valence-corrected chi connectivity index (χ0v) is 23.7. The number of esters is 1. The molecule has 0 aromatic heterocycles. The first kappa shape index (κ1) is 25.0. The van der Waals surface area contributed by atoms with E-state index in [9.17, 15) is 9.90 Å². The molecule has 9 atom stereocenters. The fourth-order valence-electron chi connectivity index (χ4n) is 10.1. The van der Waals surface area contributed by atoms with Crippen molar-refractivity contribution in [2.24, 2.45) is 39.4 Å². The van der Waals surface area contributed by atoms with Gasteiger partial charge in [-0.2, -0.15) is 0 Å². The SMILES string of the molecule is CC(=O)O[C@H]1CC[C@]23C[C@]24CC[C@]2(C)[C@@H]([C@H](C)CCO[Si](C)(C)C)C(O)C[C@@]2(C)C4CC=C3C1. The first-order valence-electron chi connectivity index (χ1n) is 14.0. The summed E-state index contributed by atoms with van der Waals surface area (Å²) in [5.41, 5.74) is 2.74. The second-order valence-corrected chi connectivity index (χ2v) is 18.8. The molecule has 0 amide bonds. The number of fused-ring (bicyclic) bond motifs is 2. The number of allylic oxidation sites excluding steroid dienone is 1. The Hall–Kier alpha value is -0.653. The molecule has 5 heteroatoms. The van der Waals surface area contributed by atoms with Gasteiger partial charge in [0.2, 0.25) is 0 Å². The van der Waals surface area contributed by atoms with Crippen LogP contribution in [0.15, 0.2) is 11.6 Å². The zero-order chi connectivity index (χ0) is 24.7. The topological polar surface area (TPSA) is 55.8 Å². The maximum atomic E-state index is 11.6. The summed E-state index contributed by atoms with van der Waals surface area (Å²) in [5.74, 6) is 1.36. The molecule has 0 aromatic carbocycles. The van der Waals surface area contributed by atoms with Crippen LogP contribution in [0.1, 0.15) is 85.5 Å². The lowest BCUT2D eigenvalue weighted by molar-refractivity contribution is -0.148. The molecule has 4 saturated carbocycles. The van der Waals surface area contributed by atoms with E-state index in [2.05, 4.69) is 46.5 Å². The lowest BCUT2D eigenvalue weighted by atomic mass is 9.44. The highest BCUT2D eigenvalue weighted by atomic mass is 28.4. The molecule has 5 aliphatic rings. The molecular weight excluding hydrogens is 440 g/mol. The zero-order valence-electron chi connectivity index (χ0n) is 22.7. The fraction of sp³-hybridized carbons (Fsp3) is 0.897. The van der Waals surface area contributed by atoms with E-state index in [-0.39, 0.29) is 29.0 Å². The number of carbonyl (C=O) groups excluding carboxylic acids is 1. The van der Waals surface area contributed by atoms with Crippen LogP contribution in [0.4, 0.5) is 0 Å². The molecule has 0 radical (unpaired) electrons. The van der Waals surface area contributed by atoms with Gasteiger partial charge in [-0.25, -0.2) is 0 Å². The Morgan fingerprint density at radius 3 is 2.62 bits per heavy atom. The maximum absolute atomic E-state index is 11.6. The van der Waals surface area contributed by atoms with Gasteiger partial charge in [-0.3, -0.25) is 4.79 Å². The van der Waals surface area contributed by atoms with E-state index in [4.69, 9.17) is 9.16 Å². The van der Waals surface area contributed by atoms with Gasteiger partial charge in [0.25, 0.3) is 0 Å². The minimum Gasteiger partial charge on any atom is -0.462 e. The Bertz CT molecular complexity index is 878. The molecule has 1 N–H and O–H groups in total. The van der Waals surface area contributed by atoms with E-state index >= 15 is 0 Å². The standard InChI is InChI=1S/C29H48O4Si/c1-19(11-15-32-34(5,6)7)25-23(31)17-27(4)24-9-8-21-16-22(33-20(2)30)10-12-28(21)18-29(24,28)14-13-26(25,27)3/h8,19,22-25,31H,9-18H2,1-7H3/t19-,22+,23?,24?,25+,26-,27+,28-,29+/m1/s1. The monoisotopic (exact) mass is 488 g/mol. The number of hydrogen-bond donors (Lipinski definition) is 1. The van der Waals surface area contributed by atoms with E-state index in [1.165, 1.54) is 32.6 Å². The highest BCUT2D eigenvalue weighted by molar-refractivity contribution is 6.69. The average Bonchev–Trinajstić information content (AvgIpc) is 3.31. The Morgan fingerprint density at radius 2 is 1.94 bits per heavy atom. The van der Waals surface area contributed by atoms with Gasteiger partial charge >= 0.3 is 5.97 Å². The molecule has 5 aliphatic carbocycles. The minimum atomic E-state index is -1.50. The van der Waals surface area contributed by atoms with Crippen molar-refractivity contribution in [2.45, 2.75) is 117 Å². The Balaban J connectivity index is 1.37. The van der Waals surface area contributed by atoms with Crippen molar-refractivity contribution in [1.82, 2.24) is 0 Å². The summed E-state index contributed by atoms with van der Waals surface area (Å²) in [6.07, 6.45) is 12.6. The third kappa shape index (κ3) is 3.46. The van der Waals surface area contributed by atoms with Crippen molar-refractivity contribution in [2.75, 3.05) is 6.61 Å². The summed E-state index contributed by atoms with van der Waals surface area (Å²) in [7, 11) is -1.50. The molecule has 0 saturated heterocycles. The molecule has 192 valence electrons. The van der Waals surface area contributed by atoms with E-state index < -0.39 is 8.32 Å². The first-order valence-corrected chi connectivity index (χ1v) is 17.4. The van der Waals surface area contributed by atoms with Crippen molar-refractivity contribution in [1.29, 1.82) is 0 Å². The van der Waals surface area contributed by atoms with Crippen molar-refractivity contribution in [3.63, 3.8) is 0 Å². The highest BCUT2D eigenvalue weighted by Crippen LogP contribution is 2.86. The van der Waals surface area contributed by atoms with Crippen molar-refractivity contribution in [3.8, 4) is 0 Å². The van der Waals surface area contributed by atoms with Gasteiger partial charge in [0.15, 0.2) is 8.32 Å². The summed E-state index contributed by atoms with van der Waals surface area (Å²) in [5, 5.41) is 11.5. The molecule has 34 heavy (non-hydrogen) atoms. The Morgan fingerprint density at radius 1 is 1.21 bits per heavy atom. The van der Waals surface area contributed by atoms with E-state index in [1.54, 1.807) is 5.57 Å². The largest absolute Gasteiger partial charge is 0.462 e.